The van der Waals surface area contributed by atoms with Crippen molar-refractivity contribution >= 4 is 29.0 Å². The van der Waals surface area contributed by atoms with Crippen LogP contribution in [-0.4, -0.2) is 34.7 Å². The van der Waals surface area contributed by atoms with Gasteiger partial charge in [0.25, 0.3) is 11.8 Å². The van der Waals surface area contributed by atoms with E-state index in [1.807, 2.05) is 43.3 Å². The molecule has 1 saturated heterocycles. The highest BCUT2D eigenvalue weighted by atomic mass is 35.5. The van der Waals surface area contributed by atoms with Gasteiger partial charge in [0.05, 0.1) is 12.1 Å². The molecular weight excluding hydrogens is 360 g/mol. The third-order valence-corrected chi connectivity index (χ3v) is 5.41. The first-order valence-electron chi connectivity index (χ1n) is 9.21. The Morgan fingerprint density at radius 1 is 0.889 bits per heavy atom. The monoisotopic (exact) mass is 380 g/mol. The van der Waals surface area contributed by atoms with Crippen molar-refractivity contribution in [3.8, 4) is 0 Å². The van der Waals surface area contributed by atoms with Gasteiger partial charge in [-0.1, -0.05) is 53.6 Å². The Hall–Kier alpha value is -2.59. The molecule has 2 aliphatic rings. The third kappa shape index (κ3) is 3.37. The van der Waals surface area contributed by atoms with Crippen LogP contribution in [0.2, 0.25) is 5.02 Å². The first kappa shape index (κ1) is 17.8. The number of rotatable bonds is 4. The molecule has 0 unspecified atom stereocenters. The van der Waals surface area contributed by atoms with Crippen LogP contribution in [0.1, 0.15) is 29.5 Å². The van der Waals surface area contributed by atoms with Crippen LogP contribution < -0.4 is 0 Å². The fourth-order valence-electron chi connectivity index (χ4n) is 3.69. The van der Waals surface area contributed by atoms with Crippen molar-refractivity contribution < 1.29 is 9.59 Å². The highest BCUT2D eigenvalue weighted by Gasteiger charge is 2.41. The lowest BCUT2D eigenvalue weighted by atomic mass is 10.0. The minimum Gasteiger partial charge on any atom is -0.366 e. The molecule has 0 radical (unpaired) electrons. The van der Waals surface area contributed by atoms with E-state index in [1.54, 1.807) is 12.1 Å². The fourth-order valence-corrected chi connectivity index (χ4v) is 3.82. The predicted octanol–water partition coefficient (Wildman–Crippen LogP) is 4.02. The number of imide groups is 1. The normalized spacial score (nSPS) is 17.4. The zero-order chi connectivity index (χ0) is 19.0. The maximum Gasteiger partial charge on any atom is 0.278 e. The van der Waals surface area contributed by atoms with Crippen LogP contribution >= 0.6 is 11.6 Å². The number of hydrogen-bond donors (Lipinski definition) is 0. The molecule has 0 spiro atoms. The van der Waals surface area contributed by atoms with Gasteiger partial charge in [0, 0.05) is 18.1 Å². The highest BCUT2D eigenvalue weighted by Crippen LogP contribution is 2.34. The molecule has 2 aromatic carbocycles. The van der Waals surface area contributed by atoms with E-state index >= 15 is 0 Å². The smallest absolute Gasteiger partial charge is 0.278 e. The Morgan fingerprint density at radius 2 is 1.52 bits per heavy atom. The molecule has 4 nitrogen and oxygen atoms in total. The van der Waals surface area contributed by atoms with Gasteiger partial charge in [-0.05, 0) is 43.0 Å². The molecule has 0 N–H and O–H groups in total. The SMILES string of the molecule is Cc1ccc(CN2C(=O)C(c3ccc(Cl)cc3)=C(N3CCCC3)C2=O)cc1. The van der Waals surface area contributed by atoms with Crippen LogP contribution in [0.5, 0.6) is 0 Å². The molecule has 0 saturated carbocycles. The minimum absolute atomic E-state index is 0.201. The lowest BCUT2D eigenvalue weighted by Crippen LogP contribution is -2.34. The van der Waals surface area contributed by atoms with Gasteiger partial charge in [0.15, 0.2) is 0 Å². The average molecular weight is 381 g/mol. The highest BCUT2D eigenvalue weighted by molar-refractivity contribution is 6.35. The number of nitrogens with zero attached hydrogens (tertiary/aromatic N) is 2. The van der Waals surface area contributed by atoms with E-state index in [0.717, 1.165) is 42.6 Å². The molecular formula is C22H21ClN2O2. The van der Waals surface area contributed by atoms with Crippen LogP contribution in [-0.2, 0) is 16.1 Å². The number of aryl methyl sites for hydroxylation is 1. The lowest BCUT2D eigenvalue weighted by Gasteiger charge is -2.20. The van der Waals surface area contributed by atoms with E-state index in [-0.39, 0.29) is 18.4 Å². The third-order valence-electron chi connectivity index (χ3n) is 5.16. The van der Waals surface area contributed by atoms with Gasteiger partial charge >= 0.3 is 0 Å². The van der Waals surface area contributed by atoms with Crippen molar-refractivity contribution in [1.29, 1.82) is 0 Å². The van der Waals surface area contributed by atoms with Crippen LogP contribution in [0.3, 0.4) is 0 Å². The van der Waals surface area contributed by atoms with Crippen molar-refractivity contribution in [1.82, 2.24) is 9.80 Å². The van der Waals surface area contributed by atoms with Gasteiger partial charge in [0.1, 0.15) is 5.70 Å². The van der Waals surface area contributed by atoms with Crippen LogP contribution in [0.25, 0.3) is 5.57 Å². The molecule has 138 valence electrons. The molecule has 4 rings (SSSR count). The standard InChI is InChI=1S/C22H21ClN2O2/c1-15-4-6-16(7-5-15)14-25-21(26)19(17-8-10-18(23)11-9-17)20(22(25)27)24-12-2-3-13-24/h4-11H,2-3,12-14H2,1H3. The summed E-state index contributed by atoms with van der Waals surface area (Å²) in [6.45, 7) is 3.92. The van der Waals surface area contributed by atoms with E-state index < -0.39 is 0 Å². The number of halogens is 1. The largest absolute Gasteiger partial charge is 0.366 e. The first-order valence-corrected chi connectivity index (χ1v) is 9.59. The summed E-state index contributed by atoms with van der Waals surface area (Å²) in [6, 6.07) is 15.1. The summed E-state index contributed by atoms with van der Waals surface area (Å²) in [6.07, 6.45) is 2.08. The Labute approximate surface area is 164 Å². The maximum atomic E-state index is 13.2. The predicted molar refractivity (Wildman–Crippen MR) is 106 cm³/mol. The summed E-state index contributed by atoms with van der Waals surface area (Å²) in [5.74, 6) is -0.433. The Balaban J connectivity index is 1.72. The van der Waals surface area contributed by atoms with E-state index in [0.29, 0.717) is 16.3 Å². The number of hydrogen-bond acceptors (Lipinski definition) is 3. The van der Waals surface area contributed by atoms with Crippen molar-refractivity contribution in [2.24, 2.45) is 0 Å². The van der Waals surface area contributed by atoms with Gasteiger partial charge in [-0.2, -0.15) is 0 Å². The number of carbonyl (C=O) groups excluding carboxylic acids is 2. The van der Waals surface area contributed by atoms with Gasteiger partial charge in [-0.15, -0.1) is 0 Å². The zero-order valence-corrected chi connectivity index (χ0v) is 16.0. The summed E-state index contributed by atoms with van der Waals surface area (Å²) in [5.41, 5.74) is 3.86. The van der Waals surface area contributed by atoms with Gasteiger partial charge in [0.2, 0.25) is 0 Å². The summed E-state index contributed by atoms with van der Waals surface area (Å²) in [7, 11) is 0. The molecule has 2 amide bonds. The second-order valence-electron chi connectivity index (χ2n) is 7.11. The van der Waals surface area contributed by atoms with Gasteiger partial charge in [-0.25, -0.2) is 0 Å². The van der Waals surface area contributed by atoms with Crippen molar-refractivity contribution in [2.75, 3.05) is 13.1 Å². The molecule has 5 heteroatoms. The number of benzene rings is 2. The molecule has 0 aliphatic carbocycles. The molecule has 2 aliphatic heterocycles. The number of likely N-dealkylation sites (tertiary alicyclic amines) is 1. The molecule has 2 heterocycles. The van der Waals surface area contributed by atoms with Crippen LogP contribution in [0, 0.1) is 6.92 Å². The topological polar surface area (TPSA) is 40.6 Å². The molecule has 2 aromatic rings. The van der Waals surface area contributed by atoms with E-state index in [2.05, 4.69) is 4.90 Å². The Morgan fingerprint density at radius 3 is 2.15 bits per heavy atom. The van der Waals surface area contributed by atoms with Crippen LogP contribution in [0.15, 0.2) is 54.2 Å². The van der Waals surface area contributed by atoms with E-state index in [9.17, 15) is 9.59 Å². The fraction of sp³-hybridized carbons (Fsp3) is 0.273. The summed E-state index contributed by atoms with van der Waals surface area (Å²) < 4.78 is 0. The van der Waals surface area contributed by atoms with E-state index in [1.165, 1.54) is 4.90 Å². The minimum atomic E-state index is -0.232. The second kappa shape index (κ2) is 7.20. The van der Waals surface area contributed by atoms with Crippen molar-refractivity contribution in [3.05, 3.63) is 75.9 Å². The van der Waals surface area contributed by atoms with Crippen molar-refractivity contribution in [3.63, 3.8) is 0 Å². The van der Waals surface area contributed by atoms with Crippen molar-refractivity contribution in [2.45, 2.75) is 26.3 Å². The van der Waals surface area contributed by atoms with Gasteiger partial charge in [-0.3, -0.25) is 14.5 Å². The van der Waals surface area contributed by atoms with Crippen LogP contribution in [0.4, 0.5) is 0 Å². The average Bonchev–Trinajstić information content (AvgIpc) is 3.26. The summed E-state index contributed by atoms with van der Waals surface area (Å²) >= 11 is 6.01. The molecule has 0 atom stereocenters. The van der Waals surface area contributed by atoms with E-state index in [4.69, 9.17) is 11.6 Å². The first-order chi connectivity index (χ1) is 13.0. The quantitative estimate of drug-likeness (QED) is 0.752. The summed E-state index contributed by atoms with van der Waals surface area (Å²) in [4.78, 5) is 29.8. The molecule has 1 fully saturated rings. The second-order valence-corrected chi connectivity index (χ2v) is 7.54. The molecule has 0 aromatic heterocycles. The number of amides is 2. The Bertz CT molecular complexity index is 910. The zero-order valence-electron chi connectivity index (χ0n) is 15.2. The van der Waals surface area contributed by atoms with Gasteiger partial charge < -0.3 is 4.90 Å². The summed E-state index contributed by atoms with van der Waals surface area (Å²) in [5, 5.41) is 0.607. The molecule has 27 heavy (non-hydrogen) atoms. The molecule has 0 bridgehead atoms. The lowest BCUT2D eigenvalue weighted by molar-refractivity contribution is -0.138. The Kier molecular flexibility index (Phi) is 4.75. The maximum absolute atomic E-state index is 13.2. The number of carbonyl (C=O) groups is 2.